The zero-order valence-corrected chi connectivity index (χ0v) is 9.89. The molecule has 0 aliphatic carbocycles. The molecule has 0 aliphatic rings. The third-order valence-corrected chi connectivity index (χ3v) is 3.00. The van der Waals surface area contributed by atoms with Crippen LogP contribution >= 0.6 is 0 Å². The SMILES string of the molecule is C=O.CCn1c2ccccc2c2ccccc21. The monoisotopic (exact) mass is 225 g/mol. The topological polar surface area (TPSA) is 22.0 Å². The number of para-hydroxylation sites is 2. The van der Waals surface area contributed by atoms with Gasteiger partial charge in [0.15, 0.2) is 0 Å². The molecule has 1 aromatic heterocycles. The Morgan fingerprint density at radius 1 is 0.882 bits per heavy atom. The maximum Gasteiger partial charge on any atom is 0.106 e. The Morgan fingerprint density at radius 2 is 1.29 bits per heavy atom. The van der Waals surface area contributed by atoms with Crippen LogP contribution in [0.25, 0.3) is 21.8 Å². The van der Waals surface area contributed by atoms with E-state index >= 15 is 0 Å². The first-order valence-electron chi connectivity index (χ1n) is 5.66. The van der Waals surface area contributed by atoms with Crippen LogP contribution in [0.2, 0.25) is 0 Å². The number of benzene rings is 2. The lowest BCUT2D eigenvalue weighted by molar-refractivity contribution is -0.0979. The highest BCUT2D eigenvalue weighted by Crippen LogP contribution is 2.28. The van der Waals surface area contributed by atoms with Gasteiger partial charge in [-0.05, 0) is 19.1 Å². The second kappa shape index (κ2) is 4.83. The summed E-state index contributed by atoms with van der Waals surface area (Å²) < 4.78 is 2.37. The lowest BCUT2D eigenvalue weighted by atomic mass is 10.2. The molecule has 0 amide bonds. The molecule has 3 aromatic rings. The standard InChI is InChI=1S/C14H13N.CH2O/c1-2-15-13-9-5-3-7-11(13)12-8-4-6-10-14(12)15;1-2/h3-10H,2H2,1H3;1H2. The summed E-state index contributed by atoms with van der Waals surface area (Å²) in [5, 5.41) is 2.71. The molecule has 0 radical (unpaired) electrons. The molecular weight excluding hydrogens is 210 g/mol. The highest BCUT2D eigenvalue weighted by molar-refractivity contribution is 6.07. The van der Waals surface area contributed by atoms with Gasteiger partial charge < -0.3 is 9.36 Å². The van der Waals surface area contributed by atoms with Crippen LogP contribution in [0.5, 0.6) is 0 Å². The van der Waals surface area contributed by atoms with E-state index in [9.17, 15) is 0 Å². The first kappa shape index (κ1) is 11.4. The van der Waals surface area contributed by atoms with E-state index in [0.717, 1.165) is 6.54 Å². The molecule has 3 rings (SSSR count). The van der Waals surface area contributed by atoms with Crippen molar-refractivity contribution in [3.05, 3.63) is 48.5 Å². The van der Waals surface area contributed by atoms with Gasteiger partial charge in [0.2, 0.25) is 0 Å². The number of nitrogens with zero attached hydrogens (tertiary/aromatic N) is 1. The number of carbonyl (C=O) groups excluding carboxylic acids is 1. The largest absolute Gasteiger partial charge is 0.341 e. The number of rotatable bonds is 1. The molecule has 0 unspecified atom stereocenters. The van der Waals surface area contributed by atoms with Crippen LogP contribution in [0.3, 0.4) is 0 Å². The minimum absolute atomic E-state index is 1.02. The third-order valence-electron chi connectivity index (χ3n) is 3.00. The highest BCUT2D eigenvalue weighted by atomic mass is 16.1. The summed E-state index contributed by atoms with van der Waals surface area (Å²) in [4.78, 5) is 8.00. The van der Waals surface area contributed by atoms with E-state index in [1.807, 2.05) is 6.79 Å². The van der Waals surface area contributed by atoms with Crippen LogP contribution in [0.4, 0.5) is 0 Å². The predicted molar refractivity (Wildman–Crippen MR) is 72.2 cm³/mol. The first-order chi connectivity index (χ1) is 8.42. The Bertz CT molecular complexity index is 586. The second-order valence-corrected chi connectivity index (χ2v) is 3.78. The van der Waals surface area contributed by atoms with Crippen LogP contribution < -0.4 is 0 Å². The molecule has 0 aliphatic heterocycles. The van der Waals surface area contributed by atoms with Crippen molar-refractivity contribution in [2.24, 2.45) is 0 Å². The zero-order chi connectivity index (χ0) is 12.3. The molecule has 0 spiro atoms. The van der Waals surface area contributed by atoms with E-state index in [0.29, 0.717) is 0 Å². The maximum atomic E-state index is 8.00. The minimum Gasteiger partial charge on any atom is -0.341 e. The van der Waals surface area contributed by atoms with Gasteiger partial charge in [0.25, 0.3) is 0 Å². The van der Waals surface area contributed by atoms with E-state index in [1.54, 1.807) is 0 Å². The van der Waals surface area contributed by atoms with Crippen molar-refractivity contribution < 1.29 is 4.79 Å². The smallest absolute Gasteiger partial charge is 0.106 e. The Morgan fingerprint density at radius 3 is 1.71 bits per heavy atom. The molecule has 2 aromatic carbocycles. The van der Waals surface area contributed by atoms with E-state index in [4.69, 9.17) is 4.79 Å². The van der Waals surface area contributed by atoms with Crippen LogP contribution in [0, 0.1) is 0 Å². The van der Waals surface area contributed by atoms with Crippen molar-refractivity contribution in [2.75, 3.05) is 0 Å². The molecule has 0 fully saturated rings. The molecular formula is C15H15NO. The summed E-state index contributed by atoms with van der Waals surface area (Å²) in [6.07, 6.45) is 0. The lowest BCUT2D eigenvalue weighted by Gasteiger charge is -2.01. The Kier molecular flexibility index (Phi) is 3.24. The maximum absolute atomic E-state index is 8.00. The van der Waals surface area contributed by atoms with Gasteiger partial charge in [0.05, 0.1) is 0 Å². The van der Waals surface area contributed by atoms with Crippen molar-refractivity contribution in [3.8, 4) is 0 Å². The van der Waals surface area contributed by atoms with Crippen LogP contribution in [0.15, 0.2) is 48.5 Å². The van der Waals surface area contributed by atoms with E-state index in [2.05, 4.69) is 60.0 Å². The van der Waals surface area contributed by atoms with Crippen LogP contribution in [0.1, 0.15) is 6.92 Å². The fourth-order valence-corrected chi connectivity index (χ4v) is 2.34. The van der Waals surface area contributed by atoms with E-state index in [-0.39, 0.29) is 0 Å². The van der Waals surface area contributed by atoms with Crippen molar-refractivity contribution in [3.63, 3.8) is 0 Å². The van der Waals surface area contributed by atoms with Crippen molar-refractivity contribution >= 4 is 28.6 Å². The molecule has 86 valence electrons. The fourth-order valence-electron chi connectivity index (χ4n) is 2.34. The molecule has 0 saturated heterocycles. The van der Waals surface area contributed by atoms with E-state index in [1.165, 1.54) is 21.8 Å². The molecule has 0 atom stereocenters. The van der Waals surface area contributed by atoms with Crippen molar-refractivity contribution in [1.82, 2.24) is 4.57 Å². The average Bonchev–Trinajstić information content (AvgIpc) is 2.75. The summed E-state index contributed by atoms with van der Waals surface area (Å²) in [5.74, 6) is 0. The lowest BCUT2D eigenvalue weighted by Crippen LogP contribution is -1.91. The number of hydrogen-bond acceptors (Lipinski definition) is 1. The Hall–Kier alpha value is -2.09. The van der Waals surface area contributed by atoms with Gasteiger partial charge in [-0.1, -0.05) is 36.4 Å². The molecule has 2 heteroatoms. The average molecular weight is 225 g/mol. The Balaban J connectivity index is 0.000000514. The quantitative estimate of drug-likeness (QED) is 0.620. The number of fused-ring (bicyclic) bond motifs is 3. The van der Waals surface area contributed by atoms with Gasteiger partial charge in [-0.2, -0.15) is 0 Å². The number of aromatic nitrogens is 1. The van der Waals surface area contributed by atoms with Gasteiger partial charge in [-0.15, -0.1) is 0 Å². The zero-order valence-electron chi connectivity index (χ0n) is 9.89. The first-order valence-corrected chi connectivity index (χ1v) is 5.66. The summed E-state index contributed by atoms with van der Waals surface area (Å²) in [6.45, 7) is 5.22. The fraction of sp³-hybridized carbons (Fsp3) is 0.133. The predicted octanol–water partition coefficient (Wildman–Crippen LogP) is 3.63. The molecule has 0 saturated carbocycles. The molecule has 0 bridgehead atoms. The molecule has 17 heavy (non-hydrogen) atoms. The van der Waals surface area contributed by atoms with Gasteiger partial charge in [0, 0.05) is 28.4 Å². The van der Waals surface area contributed by atoms with Crippen molar-refractivity contribution in [2.45, 2.75) is 13.5 Å². The number of hydrogen-bond donors (Lipinski definition) is 0. The molecule has 2 nitrogen and oxygen atoms in total. The third kappa shape index (κ3) is 1.72. The summed E-state index contributed by atoms with van der Waals surface area (Å²) in [5.41, 5.74) is 2.67. The summed E-state index contributed by atoms with van der Waals surface area (Å²) in [6, 6.07) is 17.2. The summed E-state index contributed by atoms with van der Waals surface area (Å²) >= 11 is 0. The van der Waals surface area contributed by atoms with E-state index < -0.39 is 0 Å². The van der Waals surface area contributed by atoms with Crippen LogP contribution in [-0.4, -0.2) is 11.4 Å². The normalized spacial score (nSPS) is 10.2. The van der Waals surface area contributed by atoms with Gasteiger partial charge in [0.1, 0.15) is 6.79 Å². The number of carbonyl (C=O) groups is 1. The summed E-state index contributed by atoms with van der Waals surface area (Å²) in [7, 11) is 0. The molecule has 1 heterocycles. The Labute approximate surface area is 100 Å². The second-order valence-electron chi connectivity index (χ2n) is 3.78. The van der Waals surface area contributed by atoms with Crippen LogP contribution in [-0.2, 0) is 11.3 Å². The van der Waals surface area contributed by atoms with Gasteiger partial charge in [-0.25, -0.2) is 0 Å². The molecule has 0 N–H and O–H groups in total. The van der Waals surface area contributed by atoms with Gasteiger partial charge in [-0.3, -0.25) is 0 Å². The highest BCUT2D eigenvalue weighted by Gasteiger charge is 2.06. The van der Waals surface area contributed by atoms with Gasteiger partial charge >= 0.3 is 0 Å². The van der Waals surface area contributed by atoms with Crippen molar-refractivity contribution in [1.29, 1.82) is 0 Å². The number of aryl methyl sites for hydroxylation is 1. The minimum atomic E-state index is 1.02.